The van der Waals surface area contributed by atoms with Gasteiger partial charge < -0.3 is 5.32 Å². The summed E-state index contributed by atoms with van der Waals surface area (Å²) in [5.41, 5.74) is 0. The van der Waals surface area contributed by atoms with Gasteiger partial charge in [-0.2, -0.15) is 0 Å². The predicted molar refractivity (Wildman–Crippen MR) is 35.3 cm³/mol. The number of alkyl halides is 3. The topological polar surface area (TPSA) is 24.1 Å². The van der Waals surface area contributed by atoms with Crippen LogP contribution in [-0.2, 0) is 0 Å². The van der Waals surface area contributed by atoms with Gasteiger partial charge in [0.25, 0.3) is 6.43 Å². The van der Waals surface area contributed by atoms with E-state index in [2.05, 4.69) is 10.6 Å². The first kappa shape index (κ1) is 8.80. The van der Waals surface area contributed by atoms with Crippen molar-refractivity contribution in [2.45, 2.75) is 25.2 Å². The highest BCUT2D eigenvalue weighted by Gasteiger charge is 2.24. The molecular weight excluding hydrogens is 157 g/mol. The van der Waals surface area contributed by atoms with Crippen LogP contribution in [0.15, 0.2) is 0 Å². The summed E-state index contributed by atoms with van der Waals surface area (Å²) in [5.74, 6) is 0. The molecule has 0 aromatic rings. The van der Waals surface area contributed by atoms with Gasteiger partial charge in [0.05, 0.1) is 0 Å². The van der Waals surface area contributed by atoms with E-state index in [0.29, 0.717) is 13.0 Å². The highest BCUT2D eigenvalue weighted by Crippen LogP contribution is 2.06. The van der Waals surface area contributed by atoms with Gasteiger partial charge >= 0.3 is 0 Å². The molecule has 2 unspecified atom stereocenters. The zero-order valence-corrected chi connectivity index (χ0v) is 5.99. The second kappa shape index (κ2) is 3.92. The zero-order chi connectivity index (χ0) is 8.27. The Bertz CT molecular complexity index is 114. The third-order valence-electron chi connectivity index (χ3n) is 1.68. The van der Waals surface area contributed by atoms with E-state index in [4.69, 9.17) is 0 Å². The van der Waals surface area contributed by atoms with Crippen molar-refractivity contribution in [2.24, 2.45) is 0 Å². The second-order valence-electron chi connectivity index (χ2n) is 2.59. The van der Waals surface area contributed by atoms with Crippen LogP contribution in [0, 0.1) is 0 Å². The summed E-state index contributed by atoms with van der Waals surface area (Å²) in [6, 6.07) is -0.140. The number of halogens is 3. The van der Waals surface area contributed by atoms with Crippen LogP contribution in [0.25, 0.3) is 0 Å². The van der Waals surface area contributed by atoms with Crippen molar-refractivity contribution < 1.29 is 13.2 Å². The Morgan fingerprint density at radius 3 is 2.55 bits per heavy atom. The standard InChI is InChI=1S/C6H11F3N2/c7-5(8)6(9)11-4-1-2-10-3-4/h4-6,10-11H,1-3H2. The van der Waals surface area contributed by atoms with Crippen LogP contribution >= 0.6 is 0 Å². The summed E-state index contributed by atoms with van der Waals surface area (Å²) in [7, 11) is 0. The van der Waals surface area contributed by atoms with Crippen molar-refractivity contribution in [3.63, 3.8) is 0 Å². The maximum absolute atomic E-state index is 12.3. The number of rotatable bonds is 3. The summed E-state index contributed by atoms with van der Waals surface area (Å²) in [6.45, 7) is 1.35. The van der Waals surface area contributed by atoms with Crippen LogP contribution in [-0.4, -0.2) is 31.9 Å². The van der Waals surface area contributed by atoms with E-state index in [9.17, 15) is 13.2 Å². The molecule has 0 aromatic heterocycles. The fourth-order valence-electron chi connectivity index (χ4n) is 1.09. The number of hydrogen-bond donors (Lipinski definition) is 2. The smallest absolute Gasteiger partial charge is 0.282 e. The zero-order valence-electron chi connectivity index (χ0n) is 5.99. The molecule has 2 N–H and O–H groups in total. The van der Waals surface area contributed by atoms with Crippen LogP contribution in [0.5, 0.6) is 0 Å². The lowest BCUT2D eigenvalue weighted by molar-refractivity contribution is 0.0251. The van der Waals surface area contributed by atoms with Gasteiger partial charge in [-0.3, -0.25) is 5.32 Å². The highest BCUT2D eigenvalue weighted by atomic mass is 19.3. The summed E-state index contributed by atoms with van der Waals surface area (Å²) in [5, 5.41) is 5.14. The van der Waals surface area contributed by atoms with E-state index < -0.39 is 12.7 Å². The molecule has 1 aliphatic rings. The predicted octanol–water partition coefficient (Wildman–Crippen LogP) is 0.499. The summed E-state index contributed by atoms with van der Waals surface area (Å²) < 4.78 is 35.5. The average Bonchev–Trinajstić information content (AvgIpc) is 2.39. The maximum atomic E-state index is 12.3. The molecule has 2 nitrogen and oxygen atoms in total. The molecule has 0 bridgehead atoms. The molecule has 1 heterocycles. The van der Waals surface area contributed by atoms with Gasteiger partial charge in [0.15, 0.2) is 0 Å². The molecule has 0 radical (unpaired) electrons. The van der Waals surface area contributed by atoms with Gasteiger partial charge in [-0.15, -0.1) is 0 Å². The van der Waals surface area contributed by atoms with Gasteiger partial charge in [0.1, 0.15) is 0 Å². The van der Waals surface area contributed by atoms with Gasteiger partial charge in [0.2, 0.25) is 6.30 Å². The van der Waals surface area contributed by atoms with Crippen LogP contribution < -0.4 is 10.6 Å². The van der Waals surface area contributed by atoms with E-state index in [-0.39, 0.29) is 6.04 Å². The van der Waals surface area contributed by atoms with E-state index >= 15 is 0 Å². The Balaban J connectivity index is 2.18. The van der Waals surface area contributed by atoms with Gasteiger partial charge in [-0.1, -0.05) is 0 Å². The maximum Gasteiger partial charge on any atom is 0.282 e. The molecule has 1 rings (SSSR count). The lowest BCUT2D eigenvalue weighted by Gasteiger charge is -2.14. The average molecular weight is 168 g/mol. The minimum absolute atomic E-state index is 0.140. The summed E-state index contributed by atoms with van der Waals surface area (Å²) in [6.07, 6.45) is -4.39. The first-order chi connectivity index (χ1) is 5.20. The Labute approximate surface area is 63.2 Å². The van der Waals surface area contributed by atoms with Crippen molar-refractivity contribution in [3.05, 3.63) is 0 Å². The third kappa shape index (κ3) is 2.67. The molecule has 1 fully saturated rings. The van der Waals surface area contributed by atoms with Crippen LogP contribution in [0.4, 0.5) is 13.2 Å². The lowest BCUT2D eigenvalue weighted by Crippen LogP contribution is -2.40. The Morgan fingerprint density at radius 2 is 2.09 bits per heavy atom. The Hall–Kier alpha value is -0.290. The monoisotopic (exact) mass is 168 g/mol. The van der Waals surface area contributed by atoms with Crippen molar-refractivity contribution in [2.75, 3.05) is 13.1 Å². The fourth-order valence-corrected chi connectivity index (χ4v) is 1.09. The molecule has 1 saturated heterocycles. The SMILES string of the molecule is FC(F)C(F)NC1CCNC1. The van der Waals surface area contributed by atoms with E-state index in [1.54, 1.807) is 0 Å². The van der Waals surface area contributed by atoms with Crippen LogP contribution in [0.3, 0.4) is 0 Å². The molecule has 0 aliphatic carbocycles. The van der Waals surface area contributed by atoms with Crippen molar-refractivity contribution in [3.8, 4) is 0 Å². The normalized spacial score (nSPS) is 27.8. The largest absolute Gasteiger partial charge is 0.315 e. The molecule has 66 valence electrons. The van der Waals surface area contributed by atoms with Crippen LogP contribution in [0.1, 0.15) is 6.42 Å². The number of hydrogen-bond acceptors (Lipinski definition) is 2. The number of nitrogens with one attached hydrogen (secondary N) is 2. The summed E-state index contributed by atoms with van der Waals surface area (Å²) in [4.78, 5) is 0. The molecule has 0 amide bonds. The summed E-state index contributed by atoms with van der Waals surface area (Å²) >= 11 is 0. The first-order valence-electron chi connectivity index (χ1n) is 3.59. The molecule has 11 heavy (non-hydrogen) atoms. The van der Waals surface area contributed by atoms with Gasteiger partial charge in [0, 0.05) is 12.6 Å². The molecule has 2 atom stereocenters. The fraction of sp³-hybridized carbons (Fsp3) is 1.00. The van der Waals surface area contributed by atoms with Crippen LogP contribution in [0.2, 0.25) is 0 Å². The van der Waals surface area contributed by atoms with Crippen molar-refractivity contribution >= 4 is 0 Å². The van der Waals surface area contributed by atoms with Gasteiger partial charge in [-0.25, -0.2) is 13.2 Å². The molecule has 0 spiro atoms. The van der Waals surface area contributed by atoms with E-state index in [0.717, 1.165) is 6.54 Å². The molecule has 0 aromatic carbocycles. The van der Waals surface area contributed by atoms with E-state index in [1.807, 2.05) is 0 Å². The quantitative estimate of drug-likeness (QED) is 0.599. The lowest BCUT2D eigenvalue weighted by atomic mass is 10.2. The molecule has 1 aliphatic heterocycles. The molecule has 0 saturated carbocycles. The van der Waals surface area contributed by atoms with Crippen molar-refractivity contribution in [1.29, 1.82) is 0 Å². The highest BCUT2D eigenvalue weighted by molar-refractivity contribution is 4.78. The Morgan fingerprint density at radius 1 is 1.36 bits per heavy atom. The van der Waals surface area contributed by atoms with E-state index in [1.165, 1.54) is 0 Å². The minimum atomic E-state index is -2.92. The minimum Gasteiger partial charge on any atom is -0.315 e. The van der Waals surface area contributed by atoms with Crippen molar-refractivity contribution in [1.82, 2.24) is 10.6 Å². The third-order valence-corrected chi connectivity index (χ3v) is 1.68. The Kier molecular flexibility index (Phi) is 3.14. The first-order valence-corrected chi connectivity index (χ1v) is 3.59. The second-order valence-corrected chi connectivity index (χ2v) is 2.59. The van der Waals surface area contributed by atoms with Gasteiger partial charge in [-0.05, 0) is 13.0 Å². The molecule has 5 heteroatoms. The molecular formula is C6H11F3N2.